The molecule has 0 aliphatic heterocycles. The zero-order valence-electron chi connectivity index (χ0n) is 17.0. The second-order valence-electron chi connectivity index (χ2n) is 6.52. The lowest BCUT2D eigenvalue weighted by Crippen LogP contribution is -2.36. The molecule has 8 heteroatoms. The molecular formula is C21H26N2O5S. The topological polar surface area (TPSA) is 84.0 Å². The van der Waals surface area contributed by atoms with Gasteiger partial charge >= 0.3 is 5.97 Å². The van der Waals surface area contributed by atoms with E-state index in [1.165, 1.54) is 38.4 Å². The summed E-state index contributed by atoms with van der Waals surface area (Å²) in [6.07, 6.45) is -1.08. The van der Waals surface area contributed by atoms with E-state index in [-0.39, 0.29) is 16.4 Å². The molecule has 2 rings (SSSR count). The van der Waals surface area contributed by atoms with E-state index < -0.39 is 22.1 Å². The van der Waals surface area contributed by atoms with Gasteiger partial charge in [-0.3, -0.25) is 4.79 Å². The van der Waals surface area contributed by atoms with E-state index in [0.29, 0.717) is 18.7 Å². The van der Waals surface area contributed by atoms with Gasteiger partial charge in [-0.05, 0) is 38.1 Å². The van der Waals surface area contributed by atoms with Gasteiger partial charge in [-0.2, -0.15) is 0 Å². The molecule has 0 heterocycles. The van der Waals surface area contributed by atoms with Crippen molar-refractivity contribution in [3.05, 3.63) is 65.7 Å². The Balaban J connectivity index is 2.29. The molecule has 0 saturated heterocycles. The Bertz CT molecular complexity index is 937. The summed E-state index contributed by atoms with van der Waals surface area (Å²) in [5.74, 6) is -1.01. The summed E-state index contributed by atoms with van der Waals surface area (Å²) >= 11 is 0. The maximum atomic E-state index is 12.9. The highest BCUT2D eigenvalue weighted by Gasteiger charge is 2.29. The maximum Gasteiger partial charge on any atom is 0.339 e. The quantitative estimate of drug-likeness (QED) is 0.616. The number of likely N-dealkylation sites (N-methyl/N-ethyl adjacent to an activating group) is 1. The van der Waals surface area contributed by atoms with Crippen molar-refractivity contribution in [3.63, 3.8) is 0 Å². The summed E-state index contributed by atoms with van der Waals surface area (Å²) < 4.78 is 31.0. The monoisotopic (exact) mass is 418 g/mol. The summed E-state index contributed by atoms with van der Waals surface area (Å²) in [6.45, 7) is 4.70. The lowest BCUT2D eigenvalue weighted by molar-refractivity contribution is -0.140. The Morgan fingerprint density at radius 2 is 1.48 bits per heavy atom. The Morgan fingerprint density at radius 3 is 1.97 bits per heavy atom. The van der Waals surface area contributed by atoms with Gasteiger partial charge in [0.25, 0.3) is 5.91 Å². The second-order valence-corrected chi connectivity index (χ2v) is 8.67. The fourth-order valence-corrected chi connectivity index (χ4v) is 3.64. The first-order valence-electron chi connectivity index (χ1n) is 9.29. The molecule has 0 aromatic heterocycles. The molecule has 0 bridgehead atoms. The molecule has 1 atom stereocenters. The van der Waals surface area contributed by atoms with Crippen LogP contribution < -0.4 is 0 Å². The molecule has 0 aliphatic carbocycles. The largest absolute Gasteiger partial charge is 0.444 e. The Kier molecular flexibility index (Phi) is 7.53. The number of rotatable bonds is 8. The Labute approximate surface area is 171 Å². The molecule has 0 fully saturated rings. The minimum Gasteiger partial charge on any atom is -0.444 e. The molecule has 7 nitrogen and oxygen atoms in total. The third kappa shape index (κ3) is 5.21. The fraction of sp³-hybridized carbons (Fsp3) is 0.333. The van der Waals surface area contributed by atoms with E-state index in [0.717, 1.165) is 4.31 Å². The van der Waals surface area contributed by atoms with Crippen LogP contribution >= 0.6 is 0 Å². The highest BCUT2D eigenvalue weighted by molar-refractivity contribution is 7.89. The molecular weight excluding hydrogens is 392 g/mol. The minimum atomic E-state index is -3.60. The van der Waals surface area contributed by atoms with Gasteiger partial charge in [-0.15, -0.1) is 0 Å². The second kappa shape index (κ2) is 9.67. The van der Waals surface area contributed by atoms with Gasteiger partial charge in [0.1, 0.15) is 0 Å². The first-order valence-corrected chi connectivity index (χ1v) is 10.7. The first-order chi connectivity index (χ1) is 13.7. The number of amides is 1. The zero-order valence-corrected chi connectivity index (χ0v) is 17.8. The summed E-state index contributed by atoms with van der Waals surface area (Å²) in [5, 5.41) is 0. The number of hydrogen-bond donors (Lipinski definition) is 0. The van der Waals surface area contributed by atoms with E-state index in [2.05, 4.69) is 0 Å². The molecule has 156 valence electrons. The van der Waals surface area contributed by atoms with Crippen molar-refractivity contribution in [1.29, 1.82) is 0 Å². The number of sulfonamides is 1. The summed E-state index contributed by atoms with van der Waals surface area (Å²) in [7, 11) is -0.734. The van der Waals surface area contributed by atoms with Gasteiger partial charge in [0.05, 0.1) is 10.5 Å². The summed E-state index contributed by atoms with van der Waals surface area (Å²) in [6, 6.07) is 14.3. The average Bonchev–Trinajstić information content (AvgIpc) is 2.73. The van der Waals surface area contributed by atoms with Crippen molar-refractivity contribution in [2.24, 2.45) is 0 Å². The number of ether oxygens (including phenoxy) is 1. The number of nitrogens with zero attached hydrogens (tertiary/aromatic N) is 2. The number of carbonyl (C=O) groups is 2. The number of hydrogen-bond acceptors (Lipinski definition) is 5. The van der Waals surface area contributed by atoms with Crippen molar-refractivity contribution >= 4 is 21.9 Å². The van der Waals surface area contributed by atoms with Gasteiger partial charge < -0.3 is 9.64 Å². The third-order valence-corrected chi connectivity index (χ3v) is 6.32. The molecule has 0 aliphatic rings. The normalized spacial score (nSPS) is 12.4. The smallest absolute Gasteiger partial charge is 0.339 e. The first kappa shape index (κ1) is 22.6. The number of benzene rings is 2. The highest BCUT2D eigenvalue weighted by Crippen LogP contribution is 2.23. The highest BCUT2D eigenvalue weighted by atomic mass is 32.2. The van der Waals surface area contributed by atoms with Crippen LogP contribution in [0.15, 0.2) is 59.5 Å². The van der Waals surface area contributed by atoms with Gasteiger partial charge in [0, 0.05) is 32.7 Å². The van der Waals surface area contributed by atoms with Gasteiger partial charge in [-0.1, -0.05) is 30.3 Å². The molecule has 2 aromatic carbocycles. The summed E-state index contributed by atoms with van der Waals surface area (Å²) in [5.41, 5.74) is 0.737. The van der Waals surface area contributed by atoms with Crippen LogP contribution in [-0.4, -0.2) is 56.7 Å². The SMILES string of the molecule is CCN(CC)C(=O)[C@@H](OC(=O)c1ccc(S(=O)(=O)N(C)C)cc1)c1ccccc1. The van der Waals surface area contributed by atoms with E-state index in [1.54, 1.807) is 29.2 Å². The van der Waals surface area contributed by atoms with Crippen molar-refractivity contribution in [2.75, 3.05) is 27.2 Å². The Hall–Kier alpha value is -2.71. The van der Waals surface area contributed by atoms with Crippen molar-refractivity contribution in [1.82, 2.24) is 9.21 Å². The van der Waals surface area contributed by atoms with Gasteiger partial charge in [-0.25, -0.2) is 17.5 Å². The van der Waals surface area contributed by atoms with Crippen LogP contribution in [0.2, 0.25) is 0 Å². The van der Waals surface area contributed by atoms with E-state index in [1.807, 2.05) is 19.9 Å². The number of carbonyl (C=O) groups excluding carboxylic acids is 2. The van der Waals surface area contributed by atoms with E-state index in [9.17, 15) is 18.0 Å². The van der Waals surface area contributed by atoms with Crippen LogP contribution in [0.5, 0.6) is 0 Å². The predicted octanol–water partition coefficient (Wildman–Crippen LogP) is 2.70. The van der Waals surface area contributed by atoms with Crippen LogP contribution in [0, 0.1) is 0 Å². The van der Waals surface area contributed by atoms with Crippen molar-refractivity contribution in [3.8, 4) is 0 Å². The van der Waals surface area contributed by atoms with E-state index >= 15 is 0 Å². The number of esters is 1. The van der Waals surface area contributed by atoms with Crippen LogP contribution in [0.3, 0.4) is 0 Å². The lowest BCUT2D eigenvalue weighted by Gasteiger charge is -2.25. The molecule has 0 radical (unpaired) electrons. The Morgan fingerprint density at radius 1 is 0.931 bits per heavy atom. The third-order valence-electron chi connectivity index (χ3n) is 4.50. The molecule has 0 N–H and O–H groups in total. The molecule has 0 unspecified atom stereocenters. The van der Waals surface area contributed by atoms with Crippen LogP contribution in [0.4, 0.5) is 0 Å². The standard InChI is InChI=1S/C21H26N2O5S/c1-5-23(6-2)20(24)19(16-10-8-7-9-11-16)28-21(25)17-12-14-18(15-13-17)29(26,27)22(3)4/h7-15,19H,5-6H2,1-4H3/t19-/m0/s1. The molecule has 1 amide bonds. The lowest BCUT2D eigenvalue weighted by atomic mass is 10.1. The van der Waals surface area contributed by atoms with Crippen LogP contribution in [-0.2, 0) is 19.6 Å². The van der Waals surface area contributed by atoms with Crippen molar-refractivity contribution in [2.45, 2.75) is 24.8 Å². The van der Waals surface area contributed by atoms with Gasteiger partial charge in [0.15, 0.2) is 0 Å². The molecule has 2 aromatic rings. The fourth-order valence-electron chi connectivity index (χ4n) is 2.74. The van der Waals surface area contributed by atoms with Crippen molar-refractivity contribution < 1.29 is 22.7 Å². The zero-order chi connectivity index (χ0) is 21.6. The maximum absolute atomic E-state index is 12.9. The molecule has 0 saturated carbocycles. The minimum absolute atomic E-state index is 0.0675. The van der Waals surface area contributed by atoms with E-state index in [4.69, 9.17) is 4.74 Å². The van der Waals surface area contributed by atoms with Crippen LogP contribution in [0.1, 0.15) is 35.9 Å². The molecule has 29 heavy (non-hydrogen) atoms. The average molecular weight is 419 g/mol. The summed E-state index contributed by atoms with van der Waals surface area (Å²) in [4.78, 5) is 27.2. The molecule has 0 spiro atoms. The predicted molar refractivity (Wildman–Crippen MR) is 110 cm³/mol. The van der Waals surface area contributed by atoms with Gasteiger partial charge in [0.2, 0.25) is 16.1 Å². The van der Waals surface area contributed by atoms with Crippen LogP contribution in [0.25, 0.3) is 0 Å².